The van der Waals surface area contributed by atoms with Gasteiger partial charge in [-0.15, -0.1) is 0 Å². The van der Waals surface area contributed by atoms with Crippen LogP contribution in [0.15, 0.2) is 66.9 Å². The van der Waals surface area contributed by atoms with Crippen LogP contribution in [0.5, 0.6) is 0 Å². The van der Waals surface area contributed by atoms with Crippen LogP contribution in [0.2, 0.25) is 0 Å². The second-order valence-corrected chi connectivity index (χ2v) is 11.8. The fourth-order valence-corrected chi connectivity index (χ4v) is 6.56. The van der Waals surface area contributed by atoms with Gasteiger partial charge in [0.2, 0.25) is 0 Å². The largest absolute Gasteiger partial charge is 0.367 e. The fraction of sp³-hybridized carbons (Fsp3) is 0.424. The van der Waals surface area contributed by atoms with Crippen molar-refractivity contribution in [1.82, 2.24) is 24.7 Å². The van der Waals surface area contributed by atoms with E-state index in [9.17, 15) is 4.79 Å². The lowest BCUT2D eigenvalue weighted by atomic mass is 9.84. The Bertz CT molecular complexity index is 1360. The van der Waals surface area contributed by atoms with Crippen LogP contribution in [0, 0.1) is 5.92 Å². The summed E-state index contributed by atoms with van der Waals surface area (Å²) in [5.41, 5.74) is 8.92. The first-order valence-corrected chi connectivity index (χ1v) is 14.9. The van der Waals surface area contributed by atoms with Crippen molar-refractivity contribution in [3.63, 3.8) is 0 Å². The molecule has 2 saturated heterocycles. The molecule has 8 heteroatoms. The number of hydrogen-bond acceptors (Lipinski definition) is 6. The smallest absolute Gasteiger partial charge is 0.274 e. The second kappa shape index (κ2) is 12.6. The van der Waals surface area contributed by atoms with Gasteiger partial charge in [-0.05, 0) is 79.4 Å². The van der Waals surface area contributed by atoms with Gasteiger partial charge < -0.3 is 14.8 Å². The number of hydroxylamine groups is 1. The Morgan fingerprint density at radius 2 is 1.56 bits per heavy atom. The van der Waals surface area contributed by atoms with E-state index in [2.05, 4.69) is 74.2 Å². The van der Waals surface area contributed by atoms with Crippen LogP contribution in [0.1, 0.15) is 45.5 Å². The Hall–Kier alpha value is -3.43. The summed E-state index contributed by atoms with van der Waals surface area (Å²) in [4.78, 5) is 19.2. The van der Waals surface area contributed by atoms with Crippen LogP contribution < -0.4 is 10.8 Å². The molecule has 1 amide bonds. The maximum Gasteiger partial charge on any atom is 0.274 e. The zero-order valence-corrected chi connectivity index (χ0v) is 24.1. The van der Waals surface area contributed by atoms with Crippen molar-refractivity contribution in [3.05, 3.63) is 94.7 Å². The quantitative estimate of drug-likeness (QED) is 0.287. The van der Waals surface area contributed by atoms with Crippen molar-refractivity contribution in [3.8, 4) is 0 Å². The Balaban J connectivity index is 1.04. The maximum absolute atomic E-state index is 11.6. The fourth-order valence-electron chi connectivity index (χ4n) is 6.56. The topological polar surface area (TPSA) is 76.0 Å². The van der Waals surface area contributed by atoms with E-state index < -0.39 is 5.91 Å². The molecule has 8 nitrogen and oxygen atoms in total. The molecule has 3 aromatic rings. The summed E-state index contributed by atoms with van der Waals surface area (Å²) < 4.78 is 2.26. The monoisotopic (exact) mass is 554 g/mol. The number of fused-ring (bicyclic) bond motifs is 1. The molecule has 41 heavy (non-hydrogen) atoms. The lowest BCUT2D eigenvalue weighted by Gasteiger charge is -2.34. The van der Waals surface area contributed by atoms with Gasteiger partial charge in [-0.2, -0.15) is 0 Å². The molecule has 0 unspecified atom stereocenters. The van der Waals surface area contributed by atoms with Gasteiger partial charge in [0.1, 0.15) is 5.82 Å². The Kier molecular flexibility index (Phi) is 8.53. The van der Waals surface area contributed by atoms with E-state index >= 15 is 0 Å². The maximum atomic E-state index is 11.6. The standard InChI is InChI=1S/C33H42N6O2/c1-36-17-19-38(20-18-36)23-27-4-2-3-26(21-27)22-37-14-10-28(11-15-37)30-9-13-34-32-31(30)12-16-39(32)24-25-5-7-29(8-6-25)33(40)35-41/h2-9,12,16,21,28,34,41H,10-11,13-15,17-20,22-24H2,1H3,(H,35,40). The van der Waals surface area contributed by atoms with Gasteiger partial charge >= 0.3 is 0 Å². The molecule has 216 valence electrons. The first-order chi connectivity index (χ1) is 20.1. The van der Waals surface area contributed by atoms with E-state index in [0.29, 0.717) is 11.5 Å². The molecule has 0 saturated carbocycles. The zero-order valence-electron chi connectivity index (χ0n) is 24.1. The number of nitrogens with zero attached hydrogens (tertiary/aromatic N) is 4. The van der Waals surface area contributed by atoms with E-state index in [1.807, 2.05) is 12.1 Å². The van der Waals surface area contributed by atoms with Crippen LogP contribution in [0.4, 0.5) is 5.82 Å². The van der Waals surface area contributed by atoms with E-state index in [0.717, 1.165) is 71.0 Å². The number of hydrogen-bond donors (Lipinski definition) is 3. The van der Waals surface area contributed by atoms with Gasteiger partial charge in [-0.25, -0.2) is 5.48 Å². The minimum Gasteiger partial charge on any atom is -0.367 e. The lowest BCUT2D eigenvalue weighted by molar-refractivity contribution is 0.0706. The molecule has 6 rings (SSSR count). The van der Waals surface area contributed by atoms with Gasteiger partial charge in [0.15, 0.2) is 0 Å². The first-order valence-electron chi connectivity index (χ1n) is 14.9. The van der Waals surface area contributed by atoms with Gasteiger partial charge in [-0.3, -0.25) is 19.8 Å². The van der Waals surface area contributed by atoms with E-state index in [4.69, 9.17) is 5.21 Å². The summed E-state index contributed by atoms with van der Waals surface area (Å²) in [5.74, 6) is 1.27. The molecule has 0 atom stereocenters. The van der Waals surface area contributed by atoms with E-state index in [1.165, 1.54) is 40.9 Å². The van der Waals surface area contributed by atoms with Crippen LogP contribution >= 0.6 is 0 Å². The number of aromatic nitrogens is 1. The molecular weight excluding hydrogens is 512 g/mol. The molecule has 4 heterocycles. The van der Waals surface area contributed by atoms with Crippen molar-refractivity contribution in [2.24, 2.45) is 5.92 Å². The molecule has 2 fully saturated rings. The summed E-state index contributed by atoms with van der Waals surface area (Å²) in [6.07, 6.45) is 6.92. The molecule has 0 bridgehead atoms. The average Bonchev–Trinajstić information content (AvgIpc) is 3.42. The van der Waals surface area contributed by atoms with Crippen LogP contribution in [-0.2, 0) is 19.6 Å². The molecule has 3 aliphatic rings. The molecule has 0 spiro atoms. The highest BCUT2D eigenvalue weighted by atomic mass is 16.5. The van der Waals surface area contributed by atoms with Crippen molar-refractivity contribution >= 4 is 17.3 Å². The number of carbonyl (C=O) groups is 1. The third-order valence-electron chi connectivity index (χ3n) is 8.96. The van der Waals surface area contributed by atoms with Crippen molar-refractivity contribution in [2.45, 2.75) is 32.5 Å². The van der Waals surface area contributed by atoms with E-state index in [-0.39, 0.29) is 0 Å². The van der Waals surface area contributed by atoms with Gasteiger partial charge in [0.05, 0.1) is 0 Å². The number of rotatable bonds is 8. The van der Waals surface area contributed by atoms with Crippen molar-refractivity contribution < 1.29 is 10.0 Å². The van der Waals surface area contributed by atoms with Crippen molar-refractivity contribution in [1.29, 1.82) is 0 Å². The lowest BCUT2D eigenvalue weighted by Crippen LogP contribution is -2.43. The summed E-state index contributed by atoms with van der Waals surface area (Å²) in [6.45, 7) is 10.6. The molecular formula is C33H42N6O2. The number of piperidine rings is 1. The summed E-state index contributed by atoms with van der Waals surface area (Å²) in [7, 11) is 2.21. The first kappa shape index (κ1) is 27.7. The Labute approximate surface area is 243 Å². The second-order valence-electron chi connectivity index (χ2n) is 11.8. The van der Waals surface area contributed by atoms with Crippen molar-refractivity contribution in [2.75, 3.05) is 58.2 Å². The third-order valence-corrected chi connectivity index (χ3v) is 8.96. The zero-order chi connectivity index (χ0) is 28.2. The average molecular weight is 555 g/mol. The number of anilines is 1. The number of likely N-dealkylation sites (N-methyl/N-ethyl adjacent to an activating group) is 1. The Morgan fingerprint density at radius 3 is 2.24 bits per heavy atom. The number of likely N-dealkylation sites (tertiary alicyclic amines) is 1. The van der Waals surface area contributed by atoms with Gasteiger partial charge in [0, 0.05) is 69.7 Å². The highest BCUT2D eigenvalue weighted by Crippen LogP contribution is 2.38. The number of benzene rings is 2. The number of piperazine rings is 1. The van der Waals surface area contributed by atoms with Crippen LogP contribution in [0.25, 0.3) is 5.57 Å². The molecule has 0 aliphatic carbocycles. The predicted octanol–water partition coefficient (Wildman–Crippen LogP) is 4.12. The number of allylic oxidation sites excluding steroid dienone is 1. The number of nitrogens with one attached hydrogen (secondary N) is 2. The van der Waals surface area contributed by atoms with Gasteiger partial charge in [0.25, 0.3) is 5.91 Å². The molecule has 1 aromatic heterocycles. The Morgan fingerprint density at radius 1 is 0.878 bits per heavy atom. The van der Waals surface area contributed by atoms with Crippen LogP contribution in [0.3, 0.4) is 0 Å². The molecule has 3 aliphatic heterocycles. The third kappa shape index (κ3) is 6.57. The minimum atomic E-state index is -0.493. The SMILES string of the molecule is CN1CCN(Cc2cccc(CN3CCC(C4=CCNc5c4ccn5Cc4ccc(C(=O)NO)cc4)CC3)c2)CC1. The highest BCUT2D eigenvalue weighted by molar-refractivity contribution is 5.93. The molecule has 2 aromatic carbocycles. The summed E-state index contributed by atoms with van der Waals surface area (Å²) in [6, 6.07) is 18.8. The summed E-state index contributed by atoms with van der Waals surface area (Å²) >= 11 is 0. The number of amides is 1. The molecule has 3 N–H and O–H groups in total. The van der Waals surface area contributed by atoms with Gasteiger partial charge in [-0.1, -0.05) is 42.5 Å². The minimum absolute atomic E-state index is 0.443. The van der Waals surface area contributed by atoms with Crippen LogP contribution in [-0.4, -0.2) is 83.2 Å². The predicted molar refractivity (Wildman–Crippen MR) is 163 cm³/mol. The van der Waals surface area contributed by atoms with E-state index in [1.54, 1.807) is 17.6 Å². The number of carbonyl (C=O) groups excluding carboxylic acids is 1. The summed E-state index contributed by atoms with van der Waals surface area (Å²) in [5, 5.41) is 12.4. The normalized spacial score (nSPS) is 18.9. The molecule has 0 radical (unpaired) electrons. The highest BCUT2D eigenvalue weighted by Gasteiger charge is 2.27.